The van der Waals surface area contributed by atoms with Gasteiger partial charge in [-0.05, 0) is 111 Å². The smallest absolute Gasteiger partial charge is 0.302 e. The average molecular weight is 512 g/mol. The molecule has 1 heterocycles. The Hall–Kier alpha value is -0.830. The zero-order valence-corrected chi connectivity index (χ0v) is 25.1. The van der Waals surface area contributed by atoms with E-state index in [4.69, 9.17) is 4.74 Å². The number of hydrogen-bond donors (Lipinski definition) is 0. The van der Waals surface area contributed by atoms with Crippen LogP contribution in [0.25, 0.3) is 0 Å². The van der Waals surface area contributed by atoms with Crippen LogP contribution in [0.4, 0.5) is 0 Å². The van der Waals surface area contributed by atoms with E-state index in [0.717, 1.165) is 48.3 Å². The Labute approximate surface area is 228 Å². The summed E-state index contributed by atoms with van der Waals surface area (Å²) < 4.78 is 5.78. The third-order valence-electron chi connectivity index (χ3n) is 12.4. The van der Waals surface area contributed by atoms with Crippen LogP contribution < -0.4 is 0 Å². The lowest BCUT2D eigenvalue weighted by Gasteiger charge is -2.62. The van der Waals surface area contributed by atoms with E-state index in [1.807, 2.05) is 0 Å². The van der Waals surface area contributed by atoms with Crippen LogP contribution in [0.15, 0.2) is 11.6 Å². The van der Waals surface area contributed by atoms with Crippen molar-refractivity contribution in [3.8, 4) is 0 Å². The fraction of sp³-hybridized carbons (Fsp3) is 0.912. The molecule has 0 aromatic carbocycles. The van der Waals surface area contributed by atoms with Gasteiger partial charge in [-0.2, -0.15) is 0 Å². The van der Waals surface area contributed by atoms with Crippen molar-refractivity contribution in [1.82, 2.24) is 4.90 Å². The van der Waals surface area contributed by atoms with Gasteiger partial charge in [-0.25, -0.2) is 0 Å². The van der Waals surface area contributed by atoms with Crippen molar-refractivity contribution in [1.29, 1.82) is 0 Å². The Morgan fingerprint density at radius 1 is 1.00 bits per heavy atom. The Bertz CT molecular complexity index is 843. The number of esters is 1. The number of likely N-dealkylation sites (tertiary alicyclic amines) is 1. The van der Waals surface area contributed by atoms with Crippen LogP contribution in [0.2, 0.25) is 0 Å². The lowest BCUT2D eigenvalue weighted by molar-refractivity contribution is -0.149. The maximum atomic E-state index is 11.8. The molecule has 9 atom stereocenters. The molecular formula is C34H57NO2. The lowest BCUT2D eigenvalue weighted by atomic mass is 9.45. The van der Waals surface area contributed by atoms with Crippen molar-refractivity contribution in [3.63, 3.8) is 0 Å². The molecule has 0 radical (unpaired) electrons. The Balaban J connectivity index is 1.43. The monoisotopic (exact) mass is 511 g/mol. The van der Waals surface area contributed by atoms with Gasteiger partial charge in [0.1, 0.15) is 6.10 Å². The van der Waals surface area contributed by atoms with E-state index >= 15 is 0 Å². The van der Waals surface area contributed by atoms with Gasteiger partial charge in [0.15, 0.2) is 0 Å². The number of hydrogen-bond acceptors (Lipinski definition) is 3. The molecule has 0 spiro atoms. The zero-order valence-electron chi connectivity index (χ0n) is 25.1. The van der Waals surface area contributed by atoms with Gasteiger partial charge in [0, 0.05) is 19.4 Å². The van der Waals surface area contributed by atoms with E-state index < -0.39 is 0 Å². The summed E-state index contributed by atoms with van der Waals surface area (Å²) in [7, 11) is 0. The van der Waals surface area contributed by atoms with E-state index in [0.29, 0.717) is 16.9 Å². The molecule has 37 heavy (non-hydrogen) atoms. The van der Waals surface area contributed by atoms with E-state index in [2.05, 4.69) is 45.6 Å². The number of ether oxygens (including phenoxy) is 1. The maximum Gasteiger partial charge on any atom is 0.302 e. The molecule has 0 N–H and O–H groups in total. The second-order valence-corrected chi connectivity index (χ2v) is 15.0. The molecule has 0 aromatic rings. The molecule has 3 nitrogen and oxygen atoms in total. The van der Waals surface area contributed by atoms with Crippen LogP contribution >= 0.6 is 0 Å². The van der Waals surface area contributed by atoms with Crippen LogP contribution in [0.5, 0.6) is 0 Å². The van der Waals surface area contributed by atoms with Gasteiger partial charge in [0.2, 0.25) is 0 Å². The first kappa shape index (κ1) is 27.7. The molecule has 3 heteroatoms. The summed E-state index contributed by atoms with van der Waals surface area (Å²) >= 11 is 0. The molecule has 0 bridgehead atoms. The summed E-state index contributed by atoms with van der Waals surface area (Å²) in [5.74, 6) is 4.97. The van der Waals surface area contributed by atoms with Crippen molar-refractivity contribution in [2.45, 2.75) is 137 Å². The molecule has 210 valence electrons. The number of piperidine rings is 1. The van der Waals surface area contributed by atoms with Crippen LogP contribution in [-0.2, 0) is 9.53 Å². The van der Waals surface area contributed by atoms with Gasteiger partial charge in [-0.3, -0.25) is 9.69 Å². The molecule has 1 aliphatic heterocycles. The quantitative estimate of drug-likeness (QED) is 0.254. The van der Waals surface area contributed by atoms with E-state index in [-0.39, 0.29) is 12.1 Å². The number of rotatable bonds is 7. The third kappa shape index (κ3) is 5.21. The van der Waals surface area contributed by atoms with Gasteiger partial charge in [0.05, 0.1) is 0 Å². The number of fused-ring (bicyclic) bond motifs is 5. The first-order valence-corrected chi connectivity index (χ1v) is 16.3. The van der Waals surface area contributed by atoms with Gasteiger partial charge in [-0.15, -0.1) is 0 Å². The molecule has 5 rings (SSSR count). The molecule has 0 amide bonds. The van der Waals surface area contributed by atoms with Crippen molar-refractivity contribution < 1.29 is 9.53 Å². The molecule has 4 fully saturated rings. The largest absolute Gasteiger partial charge is 0.462 e. The predicted octanol–water partition coefficient (Wildman–Crippen LogP) is 8.42. The SMILES string of the molecule is CC(=O)O[C@@H]1CC[C@@]2(C)C(=C[C@@H](N3CCCCC3)[C@H]3[C@@H]4CC[C@H]([C@H](C)CCCC(C)C)[C@@]4(C)CC[C@@H]32)C1. The Morgan fingerprint density at radius 3 is 2.46 bits per heavy atom. The third-order valence-corrected chi connectivity index (χ3v) is 12.4. The number of carbonyl (C=O) groups excluding carboxylic acids is 1. The highest BCUT2D eigenvalue weighted by atomic mass is 16.5. The van der Waals surface area contributed by atoms with E-state index in [9.17, 15) is 4.79 Å². The summed E-state index contributed by atoms with van der Waals surface area (Å²) in [5, 5.41) is 0. The fourth-order valence-electron chi connectivity index (χ4n) is 10.5. The minimum atomic E-state index is -0.108. The summed E-state index contributed by atoms with van der Waals surface area (Å²) in [5.41, 5.74) is 2.46. The Kier molecular flexibility index (Phi) is 8.22. The summed E-state index contributed by atoms with van der Waals surface area (Å²) in [6, 6.07) is 0.601. The van der Waals surface area contributed by atoms with Crippen LogP contribution in [0.3, 0.4) is 0 Å². The second-order valence-electron chi connectivity index (χ2n) is 15.0. The molecule has 0 aromatic heterocycles. The van der Waals surface area contributed by atoms with Gasteiger partial charge in [-0.1, -0.05) is 72.0 Å². The maximum absolute atomic E-state index is 11.8. The van der Waals surface area contributed by atoms with Gasteiger partial charge >= 0.3 is 5.97 Å². The normalized spacial score (nSPS) is 42.9. The Morgan fingerprint density at radius 2 is 1.76 bits per heavy atom. The molecule has 3 saturated carbocycles. The zero-order chi connectivity index (χ0) is 26.4. The highest BCUT2D eigenvalue weighted by molar-refractivity contribution is 5.66. The molecule has 0 unspecified atom stereocenters. The molecule has 5 aliphatic rings. The van der Waals surface area contributed by atoms with E-state index in [1.54, 1.807) is 12.5 Å². The number of nitrogens with zero attached hydrogens (tertiary/aromatic N) is 1. The van der Waals surface area contributed by atoms with Crippen LogP contribution in [0.1, 0.15) is 125 Å². The molecule has 4 aliphatic carbocycles. The first-order valence-electron chi connectivity index (χ1n) is 16.3. The molecular weight excluding hydrogens is 454 g/mol. The second kappa shape index (κ2) is 11.0. The van der Waals surface area contributed by atoms with Crippen molar-refractivity contribution in [3.05, 3.63) is 11.6 Å². The molecule has 1 saturated heterocycles. The fourth-order valence-corrected chi connectivity index (χ4v) is 10.5. The van der Waals surface area contributed by atoms with Crippen LogP contribution in [0, 0.1) is 46.3 Å². The minimum absolute atomic E-state index is 0.0896. The van der Waals surface area contributed by atoms with Gasteiger partial charge < -0.3 is 4.74 Å². The standard InChI is InChI=1S/C34H57NO2/c1-23(2)11-10-12-24(3)28-13-14-29-32-30(16-18-34(28,29)6)33(5)17-15-27(37-25(4)36)21-26(33)22-31(32)35-19-8-7-9-20-35/h22-24,27-32H,7-21H2,1-6H3/t24-,27-,28-,29+,30+,31-,32+,33+,34-/m1/s1. The van der Waals surface area contributed by atoms with Crippen molar-refractivity contribution >= 4 is 5.97 Å². The van der Waals surface area contributed by atoms with Crippen molar-refractivity contribution in [2.75, 3.05) is 13.1 Å². The lowest BCUT2D eigenvalue weighted by Crippen LogP contribution is -2.59. The first-order chi connectivity index (χ1) is 17.6. The van der Waals surface area contributed by atoms with Crippen LogP contribution in [-0.4, -0.2) is 36.1 Å². The van der Waals surface area contributed by atoms with Crippen molar-refractivity contribution in [2.24, 2.45) is 46.3 Å². The summed E-state index contributed by atoms with van der Waals surface area (Å²) in [6.45, 7) is 16.8. The highest BCUT2D eigenvalue weighted by Gasteiger charge is 2.61. The van der Waals surface area contributed by atoms with E-state index in [1.165, 1.54) is 83.7 Å². The minimum Gasteiger partial charge on any atom is -0.462 e. The average Bonchev–Trinajstić information content (AvgIpc) is 3.21. The van der Waals surface area contributed by atoms with Gasteiger partial charge in [0.25, 0.3) is 0 Å². The predicted molar refractivity (Wildman–Crippen MR) is 153 cm³/mol. The number of carbonyl (C=O) groups is 1. The topological polar surface area (TPSA) is 29.5 Å². The highest BCUT2D eigenvalue weighted by Crippen LogP contribution is 2.68. The summed E-state index contributed by atoms with van der Waals surface area (Å²) in [6.07, 6.45) is 20.2. The summed E-state index contributed by atoms with van der Waals surface area (Å²) in [4.78, 5) is 14.7.